The maximum Gasteiger partial charge on any atom is 0.134 e. The van der Waals surface area contributed by atoms with Gasteiger partial charge in [-0.25, -0.2) is 4.98 Å². The average Bonchev–Trinajstić information content (AvgIpc) is 2.31. The van der Waals surface area contributed by atoms with Crippen LogP contribution in [0.3, 0.4) is 0 Å². The first kappa shape index (κ1) is 16.1. The lowest BCUT2D eigenvalue weighted by molar-refractivity contribution is 0.302. The molecule has 3 N–H and O–H groups in total. The smallest absolute Gasteiger partial charge is 0.134 e. The molecule has 114 valence electrons. The van der Waals surface area contributed by atoms with Crippen LogP contribution in [0.5, 0.6) is 0 Å². The molecule has 0 unspecified atom stereocenters. The Kier molecular flexibility index (Phi) is 4.20. The van der Waals surface area contributed by atoms with Gasteiger partial charge in [-0.15, -0.1) is 0 Å². The zero-order valence-electron chi connectivity index (χ0n) is 13.4. The van der Waals surface area contributed by atoms with Crippen LogP contribution in [0.1, 0.15) is 41.0 Å². The van der Waals surface area contributed by atoms with E-state index in [2.05, 4.69) is 66.9 Å². The number of benzene rings is 1. The third-order valence-corrected chi connectivity index (χ3v) is 4.05. The minimum atomic E-state index is -0.0403. The molecule has 0 radical (unpaired) electrons. The monoisotopic (exact) mass is 349 g/mol. The molecule has 4 heteroatoms. The number of hydrogen-bond acceptors (Lipinski definition) is 3. The summed E-state index contributed by atoms with van der Waals surface area (Å²) in [6.45, 7) is 11.2. The van der Waals surface area contributed by atoms with Crippen molar-refractivity contribution in [1.82, 2.24) is 4.98 Å². The molecule has 2 rings (SSSR count). The number of hydrogen-bond donors (Lipinski definition) is 2. The van der Waals surface area contributed by atoms with Gasteiger partial charge in [0.2, 0.25) is 0 Å². The van der Waals surface area contributed by atoms with Gasteiger partial charge in [0.15, 0.2) is 0 Å². The first-order chi connectivity index (χ1) is 9.59. The number of aromatic nitrogens is 1. The number of rotatable bonds is 3. The largest absolute Gasteiger partial charge is 0.397 e. The summed E-state index contributed by atoms with van der Waals surface area (Å²) in [7, 11) is 0. The van der Waals surface area contributed by atoms with Crippen molar-refractivity contribution in [2.75, 3.05) is 11.1 Å². The van der Waals surface area contributed by atoms with Crippen LogP contribution in [0.2, 0.25) is 0 Å². The molecule has 0 bridgehead atoms. The summed E-state index contributed by atoms with van der Waals surface area (Å²) in [5.41, 5.74) is 7.12. The Balaban J connectivity index is 2.42. The Morgan fingerprint density at radius 1 is 1.10 bits per heavy atom. The van der Waals surface area contributed by atoms with Gasteiger partial charge in [0.25, 0.3) is 0 Å². The molecule has 0 saturated heterocycles. The van der Waals surface area contributed by atoms with Crippen LogP contribution in [0.25, 0.3) is 10.8 Å². The second-order valence-electron chi connectivity index (χ2n) is 7.46. The van der Waals surface area contributed by atoms with Gasteiger partial charge in [-0.3, -0.25) is 0 Å². The van der Waals surface area contributed by atoms with Crippen molar-refractivity contribution in [1.29, 1.82) is 0 Å². The predicted molar refractivity (Wildman–Crippen MR) is 95.6 cm³/mol. The Bertz CT molecular complexity index is 657. The Morgan fingerprint density at radius 3 is 2.38 bits per heavy atom. The van der Waals surface area contributed by atoms with Crippen molar-refractivity contribution in [3.05, 3.63) is 28.9 Å². The van der Waals surface area contributed by atoms with E-state index in [1.807, 2.05) is 12.1 Å². The number of nitrogen functional groups attached to an aromatic ring is 1. The van der Waals surface area contributed by atoms with Gasteiger partial charge >= 0.3 is 0 Å². The molecule has 0 atom stereocenters. The van der Waals surface area contributed by atoms with E-state index in [9.17, 15) is 0 Å². The number of fused-ring (bicyclic) bond motifs is 1. The van der Waals surface area contributed by atoms with E-state index in [1.54, 1.807) is 6.20 Å². The van der Waals surface area contributed by atoms with Crippen LogP contribution < -0.4 is 11.1 Å². The van der Waals surface area contributed by atoms with E-state index in [4.69, 9.17) is 5.73 Å². The number of nitrogens with one attached hydrogen (secondary N) is 1. The van der Waals surface area contributed by atoms with E-state index < -0.39 is 0 Å². The minimum absolute atomic E-state index is 0.0403. The Labute approximate surface area is 135 Å². The fraction of sp³-hybridized carbons (Fsp3) is 0.471. The molecule has 3 nitrogen and oxygen atoms in total. The fourth-order valence-electron chi connectivity index (χ4n) is 3.04. The van der Waals surface area contributed by atoms with Crippen LogP contribution in [0, 0.1) is 5.41 Å². The summed E-state index contributed by atoms with van der Waals surface area (Å²) in [5.74, 6) is 0.890. The SMILES string of the molecule is CC(C)(C)CC(C)(C)Nc1nccc2c(N)c(Br)ccc12. The lowest BCUT2D eigenvalue weighted by atomic mass is 9.82. The first-order valence-corrected chi connectivity index (χ1v) is 7.99. The average molecular weight is 350 g/mol. The predicted octanol–water partition coefficient (Wildman–Crippen LogP) is 5.21. The molecule has 21 heavy (non-hydrogen) atoms. The second kappa shape index (κ2) is 5.48. The normalized spacial score (nSPS) is 12.7. The molecule has 0 fully saturated rings. The van der Waals surface area contributed by atoms with Crippen LogP contribution in [0.15, 0.2) is 28.9 Å². The molecule has 0 spiro atoms. The second-order valence-corrected chi connectivity index (χ2v) is 8.32. The molecule has 1 aromatic carbocycles. The van der Waals surface area contributed by atoms with Gasteiger partial charge in [0.05, 0.1) is 5.69 Å². The number of nitrogens with zero attached hydrogens (tertiary/aromatic N) is 1. The van der Waals surface area contributed by atoms with Gasteiger partial charge in [-0.2, -0.15) is 0 Å². The van der Waals surface area contributed by atoms with E-state index in [1.165, 1.54) is 0 Å². The fourth-order valence-corrected chi connectivity index (χ4v) is 3.39. The van der Waals surface area contributed by atoms with Crippen molar-refractivity contribution in [3.8, 4) is 0 Å². The third-order valence-electron chi connectivity index (χ3n) is 3.36. The summed E-state index contributed by atoms with van der Waals surface area (Å²) in [6.07, 6.45) is 2.85. The van der Waals surface area contributed by atoms with Gasteiger partial charge < -0.3 is 11.1 Å². The quantitative estimate of drug-likeness (QED) is 0.748. The first-order valence-electron chi connectivity index (χ1n) is 7.20. The number of halogens is 1. The molecule has 0 saturated carbocycles. The summed E-state index contributed by atoms with van der Waals surface area (Å²) in [5, 5.41) is 5.66. The molecule has 0 aliphatic rings. The maximum absolute atomic E-state index is 6.15. The minimum Gasteiger partial charge on any atom is -0.397 e. The van der Waals surface area contributed by atoms with E-state index >= 15 is 0 Å². The van der Waals surface area contributed by atoms with Crippen molar-refractivity contribution in [3.63, 3.8) is 0 Å². The Morgan fingerprint density at radius 2 is 1.76 bits per heavy atom. The zero-order chi connectivity index (χ0) is 15.8. The van der Waals surface area contributed by atoms with Crippen molar-refractivity contribution >= 4 is 38.2 Å². The lowest BCUT2D eigenvalue weighted by Gasteiger charge is -2.34. The van der Waals surface area contributed by atoms with Crippen LogP contribution in [-0.4, -0.2) is 10.5 Å². The number of anilines is 2. The van der Waals surface area contributed by atoms with Gasteiger partial charge in [0.1, 0.15) is 5.82 Å². The zero-order valence-corrected chi connectivity index (χ0v) is 15.0. The highest BCUT2D eigenvalue weighted by atomic mass is 79.9. The molecule has 0 aliphatic heterocycles. The van der Waals surface area contributed by atoms with Crippen LogP contribution in [-0.2, 0) is 0 Å². The molecular weight excluding hydrogens is 326 g/mol. The van der Waals surface area contributed by atoms with E-state index in [0.29, 0.717) is 0 Å². The summed E-state index contributed by atoms with van der Waals surface area (Å²) < 4.78 is 0.918. The molecule has 0 amide bonds. The van der Waals surface area contributed by atoms with E-state index in [0.717, 1.165) is 33.2 Å². The standard InChI is InChI=1S/C17H24BrN3/c1-16(2,3)10-17(4,5)21-15-12-6-7-13(18)14(19)11(12)8-9-20-15/h6-9H,10,19H2,1-5H3,(H,20,21). The highest BCUT2D eigenvalue weighted by molar-refractivity contribution is 9.10. The topological polar surface area (TPSA) is 50.9 Å². The highest BCUT2D eigenvalue weighted by Gasteiger charge is 2.26. The molecule has 1 aromatic heterocycles. The molecule has 1 heterocycles. The summed E-state index contributed by atoms with van der Waals surface area (Å²) >= 11 is 3.48. The van der Waals surface area contributed by atoms with Gasteiger partial charge in [0, 0.05) is 27.0 Å². The van der Waals surface area contributed by atoms with Crippen molar-refractivity contribution < 1.29 is 0 Å². The highest BCUT2D eigenvalue weighted by Crippen LogP contribution is 2.34. The molecule has 0 aliphatic carbocycles. The third kappa shape index (κ3) is 3.88. The van der Waals surface area contributed by atoms with Crippen molar-refractivity contribution in [2.45, 2.75) is 46.6 Å². The number of pyridine rings is 1. The molecule has 2 aromatic rings. The molecular formula is C17H24BrN3. The van der Waals surface area contributed by atoms with Crippen LogP contribution >= 0.6 is 15.9 Å². The van der Waals surface area contributed by atoms with Gasteiger partial charge in [-0.1, -0.05) is 20.8 Å². The van der Waals surface area contributed by atoms with E-state index in [-0.39, 0.29) is 11.0 Å². The van der Waals surface area contributed by atoms with Crippen LogP contribution in [0.4, 0.5) is 11.5 Å². The summed E-state index contributed by atoms with van der Waals surface area (Å²) in [6, 6.07) is 5.98. The lowest BCUT2D eigenvalue weighted by Crippen LogP contribution is -2.35. The summed E-state index contributed by atoms with van der Waals surface area (Å²) in [4.78, 5) is 4.51. The Hall–Kier alpha value is -1.29. The number of nitrogens with two attached hydrogens (primary N) is 1. The maximum atomic E-state index is 6.15. The van der Waals surface area contributed by atoms with Crippen molar-refractivity contribution in [2.24, 2.45) is 5.41 Å². The van der Waals surface area contributed by atoms with Gasteiger partial charge in [-0.05, 0) is 59.8 Å².